The van der Waals surface area contributed by atoms with Crippen LogP contribution in [0.15, 0.2) is 18.2 Å². The maximum atomic E-state index is 6.05. The molecule has 118 valence electrons. The molecule has 2 rings (SSSR count). The summed E-state index contributed by atoms with van der Waals surface area (Å²) in [6, 6.07) is 5.73. The van der Waals surface area contributed by atoms with Crippen LogP contribution < -0.4 is 5.32 Å². The molecule has 0 fully saturated rings. The van der Waals surface area contributed by atoms with Gasteiger partial charge in [0.1, 0.15) is 0 Å². The van der Waals surface area contributed by atoms with Gasteiger partial charge in [-0.1, -0.05) is 17.7 Å². The zero-order chi connectivity index (χ0) is 16.4. The number of benzene rings is 1. The van der Waals surface area contributed by atoms with Crippen molar-refractivity contribution in [2.75, 3.05) is 12.4 Å². The number of hydrogen-bond acceptors (Lipinski definition) is 2. The molecule has 0 aliphatic carbocycles. The molecule has 1 N–H and O–H groups in total. The highest BCUT2D eigenvalue weighted by Gasteiger charge is 2.14. The first kappa shape index (κ1) is 16.8. The van der Waals surface area contributed by atoms with Gasteiger partial charge in [-0.2, -0.15) is 5.10 Å². The van der Waals surface area contributed by atoms with Crippen molar-refractivity contribution >= 4 is 34.6 Å². The molecule has 0 amide bonds. The van der Waals surface area contributed by atoms with E-state index < -0.39 is 0 Å². The Labute approximate surface area is 142 Å². The van der Waals surface area contributed by atoms with Crippen LogP contribution >= 0.6 is 23.8 Å². The molecule has 2 aromatic rings. The number of nitrogens with one attached hydrogen (secondary N) is 1. The number of nitrogens with zero attached hydrogens (tertiary/aromatic N) is 3. The van der Waals surface area contributed by atoms with Crippen molar-refractivity contribution in [3.05, 3.63) is 45.7 Å². The molecule has 6 heteroatoms. The molecular formula is C16H21ClN4S. The summed E-state index contributed by atoms with van der Waals surface area (Å²) in [6.45, 7) is 6.84. The fourth-order valence-corrected chi connectivity index (χ4v) is 2.64. The van der Waals surface area contributed by atoms with Crippen LogP contribution in [0.3, 0.4) is 0 Å². The first-order chi connectivity index (χ1) is 10.3. The Morgan fingerprint density at radius 1 is 1.36 bits per heavy atom. The van der Waals surface area contributed by atoms with Crippen LogP contribution in [0.4, 0.5) is 5.69 Å². The monoisotopic (exact) mass is 336 g/mol. The van der Waals surface area contributed by atoms with Gasteiger partial charge in [-0.3, -0.25) is 4.68 Å². The van der Waals surface area contributed by atoms with Gasteiger partial charge >= 0.3 is 0 Å². The largest absolute Gasteiger partial charge is 0.348 e. The Morgan fingerprint density at radius 2 is 2.05 bits per heavy atom. The summed E-state index contributed by atoms with van der Waals surface area (Å²) in [4.78, 5) is 2.01. The van der Waals surface area contributed by atoms with E-state index in [0.717, 1.165) is 29.2 Å². The second kappa shape index (κ2) is 6.67. The van der Waals surface area contributed by atoms with E-state index in [-0.39, 0.29) is 0 Å². The second-order valence-corrected chi connectivity index (χ2v) is 6.34. The van der Waals surface area contributed by atoms with E-state index >= 15 is 0 Å². The molecule has 1 heterocycles. The van der Waals surface area contributed by atoms with E-state index in [1.165, 1.54) is 5.56 Å². The molecule has 0 atom stereocenters. The van der Waals surface area contributed by atoms with Crippen molar-refractivity contribution in [2.45, 2.75) is 27.3 Å². The third-order valence-electron chi connectivity index (χ3n) is 3.84. The average Bonchev–Trinajstić information content (AvgIpc) is 2.69. The molecule has 0 bridgehead atoms. The van der Waals surface area contributed by atoms with Crippen LogP contribution in [0.2, 0.25) is 5.02 Å². The van der Waals surface area contributed by atoms with Crippen molar-refractivity contribution in [2.24, 2.45) is 7.05 Å². The zero-order valence-electron chi connectivity index (χ0n) is 13.6. The Kier molecular flexibility index (Phi) is 5.08. The quantitative estimate of drug-likeness (QED) is 0.864. The molecule has 0 saturated carbocycles. The first-order valence-electron chi connectivity index (χ1n) is 7.07. The molecule has 1 aromatic heterocycles. The molecule has 0 spiro atoms. The van der Waals surface area contributed by atoms with Gasteiger partial charge in [0.15, 0.2) is 5.11 Å². The summed E-state index contributed by atoms with van der Waals surface area (Å²) in [5, 5.41) is 9.06. The third kappa shape index (κ3) is 3.59. The van der Waals surface area contributed by atoms with E-state index in [9.17, 15) is 0 Å². The van der Waals surface area contributed by atoms with E-state index in [1.54, 1.807) is 0 Å². The number of thiocarbonyl (C=S) groups is 1. The zero-order valence-corrected chi connectivity index (χ0v) is 15.1. The number of rotatable bonds is 3. The lowest BCUT2D eigenvalue weighted by atomic mass is 10.2. The van der Waals surface area contributed by atoms with Crippen molar-refractivity contribution in [1.29, 1.82) is 0 Å². The van der Waals surface area contributed by atoms with Gasteiger partial charge in [-0.15, -0.1) is 0 Å². The minimum Gasteiger partial charge on any atom is -0.348 e. The van der Waals surface area contributed by atoms with Crippen molar-refractivity contribution < 1.29 is 0 Å². The number of aromatic nitrogens is 2. The van der Waals surface area contributed by atoms with Gasteiger partial charge in [0.05, 0.1) is 5.69 Å². The summed E-state index contributed by atoms with van der Waals surface area (Å²) in [6.07, 6.45) is 0. The van der Waals surface area contributed by atoms with Crippen LogP contribution in [0.25, 0.3) is 0 Å². The lowest BCUT2D eigenvalue weighted by Gasteiger charge is -2.22. The topological polar surface area (TPSA) is 33.1 Å². The summed E-state index contributed by atoms with van der Waals surface area (Å²) in [7, 11) is 3.93. The van der Waals surface area contributed by atoms with E-state index in [0.29, 0.717) is 10.1 Å². The smallest absolute Gasteiger partial charge is 0.173 e. The Morgan fingerprint density at radius 3 is 2.64 bits per heavy atom. The molecular weight excluding hydrogens is 316 g/mol. The molecule has 0 saturated heterocycles. The fourth-order valence-electron chi connectivity index (χ4n) is 2.29. The van der Waals surface area contributed by atoms with Gasteiger partial charge in [0.2, 0.25) is 0 Å². The third-order valence-corrected chi connectivity index (χ3v) is 4.49. The fraction of sp³-hybridized carbons (Fsp3) is 0.375. The van der Waals surface area contributed by atoms with Crippen molar-refractivity contribution in [3.8, 4) is 0 Å². The molecule has 4 nitrogen and oxygen atoms in total. The molecule has 0 unspecified atom stereocenters. The molecule has 0 radical (unpaired) electrons. The molecule has 0 aliphatic rings. The van der Waals surface area contributed by atoms with Crippen LogP contribution in [0.1, 0.15) is 22.5 Å². The minimum absolute atomic E-state index is 0.660. The van der Waals surface area contributed by atoms with E-state index in [1.807, 2.05) is 55.7 Å². The summed E-state index contributed by atoms with van der Waals surface area (Å²) in [5.74, 6) is 0. The van der Waals surface area contributed by atoms with Crippen molar-refractivity contribution in [1.82, 2.24) is 14.7 Å². The van der Waals surface area contributed by atoms with Gasteiger partial charge in [-0.25, -0.2) is 0 Å². The Balaban J connectivity index is 2.11. The summed E-state index contributed by atoms with van der Waals surface area (Å²) in [5.41, 5.74) is 5.44. The number of halogens is 1. The SMILES string of the molecule is Cc1ccc(Cl)cc1NC(=S)N(C)Cc1c(C)nn(C)c1C. The Bertz CT molecular complexity index is 708. The van der Waals surface area contributed by atoms with Crippen LogP contribution in [-0.4, -0.2) is 26.8 Å². The standard InChI is InChI=1S/C16H21ClN4S/c1-10-6-7-13(17)8-15(10)18-16(22)20(4)9-14-11(2)19-21(5)12(14)3/h6-8H,9H2,1-5H3,(H,18,22). The number of hydrogen-bond donors (Lipinski definition) is 1. The highest BCUT2D eigenvalue weighted by atomic mass is 35.5. The van der Waals surface area contributed by atoms with Crippen LogP contribution in [-0.2, 0) is 13.6 Å². The first-order valence-corrected chi connectivity index (χ1v) is 7.85. The highest BCUT2D eigenvalue weighted by molar-refractivity contribution is 7.80. The predicted molar refractivity (Wildman–Crippen MR) is 96.6 cm³/mol. The minimum atomic E-state index is 0.660. The van der Waals surface area contributed by atoms with Gasteiger partial charge in [-0.05, 0) is 50.7 Å². The summed E-state index contributed by atoms with van der Waals surface area (Å²) >= 11 is 11.5. The van der Waals surface area contributed by atoms with Crippen LogP contribution in [0.5, 0.6) is 0 Å². The number of aryl methyl sites for hydroxylation is 3. The molecule has 1 aromatic carbocycles. The average molecular weight is 337 g/mol. The van der Waals surface area contributed by atoms with E-state index in [2.05, 4.69) is 17.3 Å². The second-order valence-electron chi connectivity index (χ2n) is 5.52. The lowest BCUT2D eigenvalue weighted by molar-refractivity contribution is 0.505. The van der Waals surface area contributed by atoms with Crippen LogP contribution in [0, 0.1) is 20.8 Å². The predicted octanol–water partition coefficient (Wildman–Crippen LogP) is 3.83. The lowest BCUT2D eigenvalue weighted by Crippen LogP contribution is -2.31. The maximum Gasteiger partial charge on any atom is 0.173 e. The Hall–Kier alpha value is -1.59. The van der Waals surface area contributed by atoms with Crippen molar-refractivity contribution in [3.63, 3.8) is 0 Å². The van der Waals surface area contributed by atoms with E-state index in [4.69, 9.17) is 23.8 Å². The number of anilines is 1. The maximum absolute atomic E-state index is 6.05. The summed E-state index contributed by atoms with van der Waals surface area (Å²) < 4.78 is 1.90. The van der Waals surface area contributed by atoms with Gasteiger partial charge < -0.3 is 10.2 Å². The van der Waals surface area contributed by atoms with Gasteiger partial charge in [0.25, 0.3) is 0 Å². The highest BCUT2D eigenvalue weighted by Crippen LogP contribution is 2.21. The molecule has 0 aliphatic heterocycles. The molecule has 22 heavy (non-hydrogen) atoms. The van der Waals surface area contributed by atoms with Gasteiger partial charge in [0, 0.05) is 42.6 Å². The normalized spacial score (nSPS) is 10.6.